The molecule has 4 heteroatoms. The largest absolute Gasteiger partial charge is 0.357 e. The molecule has 1 fully saturated rings. The molecule has 2 rings (SSSR count). The average molecular weight is 316 g/mol. The number of rotatable bonds is 5. The topological polar surface area (TPSA) is 30.9 Å². The molecule has 1 heterocycles. The van der Waals surface area contributed by atoms with E-state index in [1.54, 1.807) is 0 Å². The van der Waals surface area contributed by atoms with Crippen molar-refractivity contribution in [2.75, 3.05) is 33.7 Å². The summed E-state index contributed by atoms with van der Waals surface area (Å²) in [6.45, 7) is 9.35. The number of likely N-dealkylation sites (tertiary alicyclic amines) is 1. The Balaban J connectivity index is 2.08. The van der Waals surface area contributed by atoms with E-state index in [2.05, 4.69) is 67.3 Å². The first kappa shape index (κ1) is 17.8. The highest BCUT2D eigenvalue weighted by Crippen LogP contribution is 2.17. The zero-order valence-corrected chi connectivity index (χ0v) is 15.2. The molecule has 23 heavy (non-hydrogen) atoms. The van der Waals surface area contributed by atoms with Crippen LogP contribution in [-0.4, -0.2) is 49.5 Å². The van der Waals surface area contributed by atoms with Crippen LogP contribution in [0.2, 0.25) is 0 Å². The number of hydrogen-bond donors (Lipinski definition) is 1. The van der Waals surface area contributed by atoms with Crippen LogP contribution in [0, 0.1) is 5.92 Å². The summed E-state index contributed by atoms with van der Waals surface area (Å²) < 4.78 is 0. The highest BCUT2D eigenvalue weighted by molar-refractivity contribution is 5.80. The first-order chi connectivity index (χ1) is 11.1. The predicted octanol–water partition coefficient (Wildman–Crippen LogP) is 2.95. The van der Waals surface area contributed by atoms with Gasteiger partial charge in [-0.25, -0.2) is 4.99 Å². The first-order valence-electron chi connectivity index (χ1n) is 8.85. The maximum absolute atomic E-state index is 4.91. The standard InChI is InChI=1S/C19H32N4/c1-5-20-19(23-12-10-16(2)11-13-23)21-14-17-8-6-7-9-18(17)15-22(3)4/h6-9,16H,5,10-15H2,1-4H3,(H,20,21). The minimum absolute atomic E-state index is 0.748. The number of hydrogen-bond acceptors (Lipinski definition) is 2. The van der Waals surface area contributed by atoms with E-state index in [9.17, 15) is 0 Å². The lowest BCUT2D eigenvalue weighted by molar-refractivity contribution is 0.273. The van der Waals surface area contributed by atoms with Crippen LogP contribution in [0.15, 0.2) is 29.3 Å². The Morgan fingerprint density at radius 2 is 1.87 bits per heavy atom. The normalized spacial score (nSPS) is 16.9. The van der Waals surface area contributed by atoms with Gasteiger partial charge in [-0.15, -0.1) is 0 Å². The van der Waals surface area contributed by atoms with Gasteiger partial charge in [0.2, 0.25) is 0 Å². The Hall–Kier alpha value is -1.55. The number of guanidine groups is 1. The number of benzene rings is 1. The Morgan fingerprint density at radius 1 is 1.22 bits per heavy atom. The minimum atomic E-state index is 0.748. The molecule has 1 aromatic rings. The zero-order valence-electron chi connectivity index (χ0n) is 15.2. The van der Waals surface area contributed by atoms with Crippen molar-refractivity contribution in [2.45, 2.75) is 39.8 Å². The molecule has 0 atom stereocenters. The van der Waals surface area contributed by atoms with Crippen LogP contribution >= 0.6 is 0 Å². The molecule has 0 saturated carbocycles. The summed E-state index contributed by atoms with van der Waals surface area (Å²) in [5, 5.41) is 3.46. The summed E-state index contributed by atoms with van der Waals surface area (Å²) in [5.74, 6) is 1.91. The molecule has 1 aliphatic rings. The second-order valence-electron chi connectivity index (χ2n) is 6.85. The van der Waals surface area contributed by atoms with Crippen LogP contribution in [0.5, 0.6) is 0 Å². The lowest BCUT2D eigenvalue weighted by Crippen LogP contribution is -2.45. The SMILES string of the molecule is CCNC(=NCc1ccccc1CN(C)C)N1CCC(C)CC1. The Labute approximate surface area is 141 Å². The summed E-state index contributed by atoms with van der Waals surface area (Å²) in [6, 6.07) is 8.63. The van der Waals surface area contributed by atoms with Crippen molar-refractivity contribution in [3.8, 4) is 0 Å². The Kier molecular flexibility index (Phi) is 6.90. The molecule has 0 bridgehead atoms. The molecular formula is C19H32N4. The van der Waals surface area contributed by atoms with E-state index in [0.717, 1.165) is 44.6 Å². The summed E-state index contributed by atoms with van der Waals surface area (Å²) in [5.41, 5.74) is 2.69. The van der Waals surface area contributed by atoms with E-state index in [-0.39, 0.29) is 0 Å². The Morgan fingerprint density at radius 3 is 2.48 bits per heavy atom. The van der Waals surface area contributed by atoms with Crippen molar-refractivity contribution in [2.24, 2.45) is 10.9 Å². The number of aliphatic imine (C=N–C) groups is 1. The van der Waals surface area contributed by atoms with Gasteiger partial charge in [0.15, 0.2) is 5.96 Å². The van der Waals surface area contributed by atoms with E-state index in [1.165, 1.54) is 24.0 Å². The van der Waals surface area contributed by atoms with Gasteiger partial charge < -0.3 is 15.1 Å². The Bertz CT molecular complexity index is 502. The fourth-order valence-electron chi connectivity index (χ4n) is 3.01. The van der Waals surface area contributed by atoms with Gasteiger partial charge in [0.25, 0.3) is 0 Å². The molecule has 1 aliphatic heterocycles. The zero-order chi connectivity index (χ0) is 16.7. The number of nitrogens with one attached hydrogen (secondary N) is 1. The van der Waals surface area contributed by atoms with Gasteiger partial charge in [-0.1, -0.05) is 31.2 Å². The molecule has 1 saturated heterocycles. The lowest BCUT2D eigenvalue weighted by atomic mass is 9.99. The minimum Gasteiger partial charge on any atom is -0.357 e. The molecule has 0 aliphatic carbocycles. The number of piperidine rings is 1. The van der Waals surface area contributed by atoms with E-state index >= 15 is 0 Å². The molecule has 1 aromatic carbocycles. The highest BCUT2D eigenvalue weighted by atomic mass is 15.3. The maximum atomic E-state index is 4.91. The molecule has 4 nitrogen and oxygen atoms in total. The molecule has 0 unspecified atom stereocenters. The van der Waals surface area contributed by atoms with Crippen molar-refractivity contribution in [1.29, 1.82) is 0 Å². The fourth-order valence-corrected chi connectivity index (χ4v) is 3.01. The summed E-state index contributed by atoms with van der Waals surface area (Å²) in [4.78, 5) is 9.54. The quantitative estimate of drug-likeness (QED) is 0.669. The van der Waals surface area contributed by atoms with Crippen molar-refractivity contribution in [1.82, 2.24) is 15.1 Å². The molecular weight excluding hydrogens is 284 g/mol. The van der Waals surface area contributed by atoms with Gasteiger partial charge in [-0.3, -0.25) is 0 Å². The third-order valence-corrected chi connectivity index (χ3v) is 4.42. The second-order valence-corrected chi connectivity index (χ2v) is 6.85. The summed E-state index contributed by atoms with van der Waals surface area (Å²) >= 11 is 0. The molecule has 0 spiro atoms. The maximum Gasteiger partial charge on any atom is 0.194 e. The van der Waals surface area contributed by atoms with E-state index in [1.807, 2.05) is 0 Å². The van der Waals surface area contributed by atoms with Crippen LogP contribution < -0.4 is 5.32 Å². The molecule has 1 N–H and O–H groups in total. The van der Waals surface area contributed by atoms with E-state index in [0.29, 0.717) is 0 Å². The fraction of sp³-hybridized carbons (Fsp3) is 0.632. The third-order valence-electron chi connectivity index (χ3n) is 4.42. The average Bonchev–Trinajstić information content (AvgIpc) is 2.53. The van der Waals surface area contributed by atoms with Gasteiger partial charge in [0.05, 0.1) is 6.54 Å². The predicted molar refractivity (Wildman–Crippen MR) is 98.6 cm³/mol. The van der Waals surface area contributed by atoms with Crippen LogP contribution in [0.25, 0.3) is 0 Å². The van der Waals surface area contributed by atoms with Crippen molar-refractivity contribution < 1.29 is 0 Å². The molecule has 0 amide bonds. The van der Waals surface area contributed by atoms with Crippen molar-refractivity contribution in [3.63, 3.8) is 0 Å². The highest BCUT2D eigenvalue weighted by Gasteiger charge is 2.18. The monoisotopic (exact) mass is 316 g/mol. The van der Waals surface area contributed by atoms with E-state index < -0.39 is 0 Å². The van der Waals surface area contributed by atoms with Crippen LogP contribution in [0.3, 0.4) is 0 Å². The lowest BCUT2D eigenvalue weighted by Gasteiger charge is -2.33. The molecule has 0 aromatic heterocycles. The van der Waals surface area contributed by atoms with Crippen LogP contribution in [0.4, 0.5) is 0 Å². The van der Waals surface area contributed by atoms with Crippen molar-refractivity contribution in [3.05, 3.63) is 35.4 Å². The van der Waals surface area contributed by atoms with Gasteiger partial charge in [-0.2, -0.15) is 0 Å². The smallest absolute Gasteiger partial charge is 0.194 e. The summed E-state index contributed by atoms with van der Waals surface area (Å²) in [7, 11) is 4.22. The van der Waals surface area contributed by atoms with Gasteiger partial charge in [0.1, 0.15) is 0 Å². The van der Waals surface area contributed by atoms with E-state index in [4.69, 9.17) is 4.99 Å². The number of nitrogens with zero attached hydrogens (tertiary/aromatic N) is 3. The van der Waals surface area contributed by atoms with Crippen LogP contribution in [0.1, 0.15) is 37.8 Å². The molecule has 128 valence electrons. The second kappa shape index (κ2) is 8.92. The van der Waals surface area contributed by atoms with Gasteiger partial charge >= 0.3 is 0 Å². The summed E-state index contributed by atoms with van der Waals surface area (Å²) in [6.07, 6.45) is 2.53. The first-order valence-corrected chi connectivity index (χ1v) is 8.85. The van der Waals surface area contributed by atoms with Crippen molar-refractivity contribution >= 4 is 5.96 Å². The van der Waals surface area contributed by atoms with Gasteiger partial charge in [-0.05, 0) is 50.9 Å². The third kappa shape index (κ3) is 5.54. The van der Waals surface area contributed by atoms with Gasteiger partial charge in [0, 0.05) is 26.2 Å². The molecule has 0 radical (unpaired) electrons. The van der Waals surface area contributed by atoms with Crippen LogP contribution in [-0.2, 0) is 13.1 Å².